The zero-order valence-electron chi connectivity index (χ0n) is 9.47. The number of methoxy groups -OCH3 is 1. The quantitative estimate of drug-likeness (QED) is 0.560. The molecule has 0 spiro atoms. The van der Waals surface area contributed by atoms with Crippen LogP contribution in [-0.4, -0.2) is 13.2 Å². The van der Waals surface area contributed by atoms with Crippen molar-refractivity contribution in [3.63, 3.8) is 0 Å². The number of hydrogen-bond acceptors (Lipinski definition) is 3. The lowest BCUT2D eigenvalue weighted by molar-refractivity contribution is 0.308. The predicted molar refractivity (Wildman–Crippen MR) is 62.8 cm³/mol. The highest BCUT2D eigenvalue weighted by Crippen LogP contribution is 2.32. The van der Waals surface area contributed by atoms with E-state index in [-0.39, 0.29) is 0 Å². The third-order valence-electron chi connectivity index (χ3n) is 2.85. The first-order chi connectivity index (χ1) is 7.76. The van der Waals surface area contributed by atoms with Crippen molar-refractivity contribution in [3.05, 3.63) is 41.8 Å². The van der Waals surface area contributed by atoms with Crippen molar-refractivity contribution >= 4 is 5.69 Å². The van der Waals surface area contributed by atoms with Crippen molar-refractivity contribution < 1.29 is 4.74 Å². The topological polar surface area (TPSA) is 36.3 Å². The fraction of sp³-hybridized carbons (Fsp3) is 0.308. The summed E-state index contributed by atoms with van der Waals surface area (Å²) in [5.41, 5.74) is 2.49. The lowest BCUT2D eigenvalue weighted by Crippen LogP contribution is -2.23. The van der Waals surface area contributed by atoms with Crippen molar-refractivity contribution in [2.45, 2.75) is 19.4 Å². The van der Waals surface area contributed by atoms with Gasteiger partial charge in [-0.05, 0) is 25.0 Å². The molecular formula is C13H14N2O. The Balaban J connectivity index is 2.36. The first-order valence-corrected chi connectivity index (χ1v) is 5.28. The number of ether oxygens (including phenoxy) is 1. The Kier molecular flexibility index (Phi) is 2.82. The van der Waals surface area contributed by atoms with E-state index in [9.17, 15) is 0 Å². The van der Waals surface area contributed by atoms with Gasteiger partial charge in [0.1, 0.15) is 6.07 Å². The number of rotatable bonds is 2. The van der Waals surface area contributed by atoms with Crippen molar-refractivity contribution in [1.82, 2.24) is 0 Å². The van der Waals surface area contributed by atoms with Gasteiger partial charge in [-0.3, -0.25) is 0 Å². The maximum Gasteiger partial charge on any atom is 0.213 e. The zero-order valence-corrected chi connectivity index (χ0v) is 9.47. The number of allylic oxidation sites excluding steroid dienone is 1. The highest BCUT2D eigenvalue weighted by atomic mass is 16.5. The number of fused-ring (bicyclic) bond motifs is 1. The molecule has 1 atom stereocenters. The monoisotopic (exact) mass is 214 g/mol. The molecule has 3 heteroatoms. The maximum absolute atomic E-state index is 8.85. The molecule has 0 saturated carbocycles. The molecule has 3 nitrogen and oxygen atoms in total. The maximum atomic E-state index is 8.85. The molecule has 1 heterocycles. The van der Waals surface area contributed by atoms with Crippen LogP contribution in [0.3, 0.4) is 0 Å². The van der Waals surface area contributed by atoms with Crippen LogP contribution in [0.2, 0.25) is 0 Å². The summed E-state index contributed by atoms with van der Waals surface area (Å²) in [5, 5.41) is 8.85. The summed E-state index contributed by atoms with van der Waals surface area (Å²) >= 11 is 0. The van der Waals surface area contributed by atoms with Gasteiger partial charge in [0.25, 0.3) is 0 Å². The van der Waals surface area contributed by atoms with Gasteiger partial charge in [0.05, 0.1) is 13.3 Å². The highest BCUT2D eigenvalue weighted by molar-refractivity contribution is 5.61. The molecule has 0 saturated heterocycles. The summed E-state index contributed by atoms with van der Waals surface area (Å²) in [6.07, 6.45) is 2.78. The normalized spacial score (nSPS) is 19.2. The van der Waals surface area contributed by atoms with Gasteiger partial charge in [-0.15, -0.1) is 0 Å². The minimum atomic E-state index is 0.337. The Labute approximate surface area is 95.6 Å². The van der Waals surface area contributed by atoms with E-state index in [1.165, 1.54) is 18.4 Å². The molecule has 0 bridgehead atoms. The minimum absolute atomic E-state index is 0.337. The van der Waals surface area contributed by atoms with E-state index >= 15 is 0 Å². The molecule has 2 rings (SSSR count). The van der Waals surface area contributed by atoms with Gasteiger partial charge in [-0.1, -0.05) is 18.2 Å². The Bertz CT molecular complexity index is 459. The molecule has 0 fully saturated rings. The van der Waals surface area contributed by atoms with Crippen LogP contribution in [0.5, 0.6) is 0 Å². The van der Waals surface area contributed by atoms with Crippen molar-refractivity contribution in [1.29, 1.82) is 5.26 Å². The van der Waals surface area contributed by atoms with Crippen LogP contribution in [0.4, 0.5) is 5.69 Å². The summed E-state index contributed by atoms with van der Waals surface area (Å²) in [6.45, 7) is 2.14. The molecule has 16 heavy (non-hydrogen) atoms. The SMILES string of the molecule is COC(C#N)=CN1c2ccccc2CC1C. The van der Waals surface area contributed by atoms with Crippen molar-refractivity contribution in [2.75, 3.05) is 12.0 Å². The minimum Gasteiger partial charge on any atom is -0.486 e. The summed E-state index contributed by atoms with van der Waals surface area (Å²) < 4.78 is 4.98. The van der Waals surface area contributed by atoms with E-state index in [4.69, 9.17) is 10.00 Å². The Morgan fingerprint density at radius 1 is 1.56 bits per heavy atom. The van der Waals surface area contributed by atoms with Gasteiger partial charge in [0.2, 0.25) is 5.76 Å². The van der Waals surface area contributed by atoms with Crippen LogP contribution < -0.4 is 4.90 Å². The van der Waals surface area contributed by atoms with Gasteiger partial charge in [-0.2, -0.15) is 5.26 Å². The Morgan fingerprint density at radius 3 is 3.00 bits per heavy atom. The fourth-order valence-electron chi connectivity index (χ4n) is 2.04. The van der Waals surface area contributed by atoms with E-state index in [1.54, 1.807) is 6.20 Å². The van der Waals surface area contributed by atoms with E-state index in [1.807, 2.05) is 18.2 Å². The summed E-state index contributed by atoms with van der Waals surface area (Å²) in [7, 11) is 1.52. The number of para-hydroxylation sites is 1. The fourth-order valence-corrected chi connectivity index (χ4v) is 2.04. The summed E-state index contributed by atoms with van der Waals surface area (Å²) in [4.78, 5) is 2.09. The van der Waals surface area contributed by atoms with Crippen molar-refractivity contribution in [2.24, 2.45) is 0 Å². The average Bonchev–Trinajstić information content (AvgIpc) is 2.62. The van der Waals surface area contributed by atoms with Gasteiger partial charge in [0.15, 0.2) is 0 Å². The molecule has 0 radical (unpaired) electrons. The molecule has 1 aliphatic rings. The van der Waals surface area contributed by atoms with E-state index in [0.717, 1.165) is 6.42 Å². The van der Waals surface area contributed by atoms with Crippen LogP contribution >= 0.6 is 0 Å². The molecule has 0 aliphatic carbocycles. The Hall–Kier alpha value is -1.95. The first-order valence-electron chi connectivity index (χ1n) is 5.28. The number of benzene rings is 1. The second-order valence-electron chi connectivity index (χ2n) is 3.90. The van der Waals surface area contributed by atoms with E-state index < -0.39 is 0 Å². The van der Waals surface area contributed by atoms with Gasteiger partial charge in [0, 0.05) is 11.7 Å². The molecule has 0 aromatic heterocycles. The van der Waals surface area contributed by atoms with Gasteiger partial charge < -0.3 is 9.64 Å². The number of hydrogen-bond donors (Lipinski definition) is 0. The molecule has 1 aliphatic heterocycles. The Morgan fingerprint density at radius 2 is 2.31 bits per heavy atom. The molecule has 0 N–H and O–H groups in total. The van der Waals surface area contributed by atoms with Crippen LogP contribution in [0.1, 0.15) is 12.5 Å². The van der Waals surface area contributed by atoms with E-state index in [2.05, 4.69) is 24.0 Å². The molecule has 1 unspecified atom stereocenters. The van der Waals surface area contributed by atoms with Crippen LogP contribution in [-0.2, 0) is 11.2 Å². The lowest BCUT2D eigenvalue weighted by Gasteiger charge is -2.20. The largest absolute Gasteiger partial charge is 0.486 e. The first kappa shape index (κ1) is 10.6. The number of anilines is 1. The van der Waals surface area contributed by atoms with Crippen LogP contribution in [0.15, 0.2) is 36.2 Å². The van der Waals surface area contributed by atoms with Crippen molar-refractivity contribution in [3.8, 4) is 6.07 Å². The van der Waals surface area contributed by atoms with Crippen LogP contribution in [0, 0.1) is 11.3 Å². The number of nitriles is 1. The van der Waals surface area contributed by atoms with Gasteiger partial charge >= 0.3 is 0 Å². The molecule has 0 amide bonds. The van der Waals surface area contributed by atoms with Crippen LogP contribution in [0.25, 0.3) is 0 Å². The number of nitrogens with zero attached hydrogens (tertiary/aromatic N) is 2. The summed E-state index contributed by atoms with van der Waals surface area (Å²) in [6, 6.07) is 10.6. The standard InChI is InChI=1S/C13H14N2O/c1-10-7-11-5-3-4-6-13(11)15(10)9-12(8-14)16-2/h3-6,9-10H,7H2,1-2H3. The third-order valence-corrected chi connectivity index (χ3v) is 2.85. The third kappa shape index (κ3) is 1.74. The lowest BCUT2D eigenvalue weighted by atomic mass is 10.1. The predicted octanol–water partition coefficient (Wildman–Crippen LogP) is 2.45. The van der Waals surface area contributed by atoms with Gasteiger partial charge in [-0.25, -0.2) is 0 Å². The second kappa shape index (κ2) is 4.28. The zero-order chi connectivity index (χ0) is 11.5. The molecule has 82 valence electrons. The molecule has 1 aromatic carbocycles. The van der Waals surface area contributed by atoms with E-state index in [0.29, 0.717) is 11.8 Å². The summed E-state index contributed by atoms with van der Waals surface area (Å²) in [5.74, 6) is 0.337. The average molecular weight is 214 g/mol. The smallest absolute Gasteiger partial charge is 0.213 e. The second-order valence-corrected chi connectivity index (χ2v) is 3.90. The molecular weight excluding hydrogens is 200 g/mol. The molecule has 1 aromatic rings. The highest BCUT2D eigenvalue weighted by Gasteiger charge is 2.24.